The largest absolute Gasteiger partial charge is 0.391 e. The van der Waals surface area contributed by atoms with Gasteiger partial charge in [0.2, 0.25) is 0 Å². The highest BCUT2D eigenvalue weighted by molar-refractivity contribution is 5.85. The first-order valence-corrected chi connectivity index (χ1v) is 4.22. The molecule has 0 heterocycles. The normalized spacial score (nSPS) is 14.4. The smallest absolute Gasteiger partial charge is 0.128 e. The van der Waals surface area contributed by atoms with Gasteiger partial charge in [0.15, 0.2) is 0 Å². The molecule has 2 atom stereocenters. The Morgan fingerprint density at radius 1 is 1.43 bits per heavy atom. The van der Waals surface area contributed by atoms with Gasteiger partial charge in [-0.1, -0.05) is 12.1 Å². The molecule has 80 valence electrons. The Morgan fingerprint density at radius 2 is 2.00 bits per heavy atom. The predicted molar refractivity (Wildman–Crippen MR) is 57.0 cm³/mol. The molecule has 1 rings (SSSR count). The summed E-state index contributed by atoms with van der Waals surface area (Å²) in [6, 6.07) is 4.15. The number of nitrogens with two attached hydrogens (primary N) is 1. The average molecular weight is 220 g/mol. The molecule has 0 aliphatic carbocycles. The van der Waals surface area contributed by atoms with E-state index < -0.39 is 12.1 Å². The van der Waals surface area contributed by atoms with Crippen molar-refractivity contribution in [3.05, 3.63) is 35.1 Å². The molecule has 0 radical (unpaired) electrons. The minimum Gasteiger partial charge on any atom is -0.391 e. The zero-order valence-electron chi connectivity index (χ0n) is 8.20. The molecule has 0 aromatic heterocycles. The van der Waals surface area contributed by atoms with Gasteiger partial charge in [-0.25, -0.2) is 4.39 Å². The van der Waals surface area contributed by atoms with E-state index in [1.807, 2.05) is 0 Å². The molecule has 0 saturated carbocycles. The summed E-state index contributed by atoms with van der Waals surface area (Å²) in [5, 5.41) is 9.18. The van der Waals surface area contributed by atoms with E-state index in [-0.39, 0.29) is 18.2 Å². The van der Waals surface area contributed by atoms with Crippen molar-refractivity contribution in [2.75, 3.05) is 0 Å². The van der Waals surface area contributed by atoms with Gasteiger partial charge >= 0.3 is 0 Å². The molecule has 0 fully saturated rings. The average Bonchev–Trinajstić information content (AvgIpc) is 2.03. The van der Waals surface area contributed by atoms with E-state index in [1.54, 1.807) is 26.0 Å². The third-order valence-electron chi connectivity index (χ3n) is 2.03. The van der Waals surface area contributed by atoms with Gasteiger partial charge in [0, 0.05) is 5.56 Å². The lowest BCUT2D eigenvalue weighted by atomic mass is 10.0. The minimum atomic E-state index is -0.739. The van der Waals surface area contributed by atoms with Gasteiger partial charge < -0.3 is 10.8 Å². The molecule has 0 aliphatic heterocycles. The van der Waals surface area contributed by atoms with Crippen molar-refractivity contribution in [2.24, 2.45) is 5.73 Å². The Labute approximate surface area is 89.3 Å². The Morgan fingerprint density at radius 3 is 2.43 bits per heavy atom. The molecule has 0 unspecified atom stereocenters. The maximum Gasteiger partial charge on any atom is 0.128 e. The van der Waals surface area contributed by atoms with E-state index in [9.17, 15) is 9.50 Å². The van der Waals surface area contributed by atoms with Gasteiger partial charge in [-0.05, 0) is 25.5 Å². The second kappa shape index (κ2) is 5.29. The van der Waals surface area contributed by atoms with Crippen molar-refractivity contribution in [1.29, 1.82) is 0 Å². The fourth-order valence-electron chi connectivity index (χ4n) is 1.16. The molecule has 2 nitrogen and oxygen atoms in total. The van der Waals surface area contributed by atoms with E-state index in [0.717, 1.165) is 5.56 Å². The predicted octanol–water partition coefficient (Wildman–Crippen LogP) is 1.94. The third-order valence-corrected chi connectivity index (χ3v) is 2.03. The second-order valence-electron chi connectivity index (χ2n) is 3.29. The molecular formula is C10H15ClFNO. The molecule has 14 heavy (non-hydrogen) atoms. The van der Waals surface area contributed by atoms with Gasteiger partial charge in [-0.2, -0.15) is 0 Å². The summed E-state index contributed by atoms with van der Waals surface area (Å²) < 4.78 is 13.3. The first-order valence-electron chi connectivity index (χ1n) is 4.22. The summed E-state index contributed by atoms with van der Waals surface area (Å²) in [6.07, 6.45) is -0.739. The highest BCUT2D eigenvalue weighted by atomic mass is 35.5. The van der Waals surface area contributed by atoms with Crippen LogP contribution in [0.3, 0.4) is 0 Å². The number of halogens is 2. The topological polar surface area (TPSA) is 46.2 Å². The van der Waals surface area contributed by atoms with Crippen LogP contribution in [-0.2, 0) is 0 Å². The third kappa shape index (κ3) is 2.94. The van der Waals surface area contributed by atoms with Crippen molar-refractivity contribution < 1.29 is 9.50 Å². The first-order chi connectivity index (χ1) is 6.02. The van der Waals surface area contributed by atoms with Gasteiger partial charge in [0.25, 0.3) is 0 Å². The van der Waals surface area contributed by atoms with Crippen LogP contribution in [0.1, 0.15) is 24.1 Å². The lowest BCUT2D eigenvalue weighted by Crippen LogP contribution is -2.24. The van der Waals surface area contributed by atoms with Gasteiger partial charge in [0.05, 0.1) is 12.1 Å². The number of aliphatic hydroxyl groups is 1. The molecule has 0 amide bonds. The standard InChI is InChI=1S/C10H14FNO.ClH/c1-6-3-4-8(9(11)5-6)10(12)7(2)13;/h3-5,7,10,13H,12H2,1-2H3;1H/t7-,10-;/m1./s1. The van der Waals surface area contributed by atoms with Crippen molar-refractivity contribution in [2.45, 2.75) is 26.0 Å². The number of benzene rings is 1. The number of aliphatic hydroxyl groups excluding tert-OH is 1. The molecule has 1 aromatic carbocycles. The molecule has 4 heteroatoms. The van der Waals surface area contributed by atoms with E-state index in [4.69, 9.17) is 5.73 Å². The van der Waals surface area contributed by atoms with Gasteiger partial charge in [-0.15, -0.1) is 12.4 Å². The van der Waals surface area contributed by atoms with Crippen LogP contribution in [0.5, 0.6) is 0 Å². The summed E-state index contributed by atoms with van der Waals surface area (Å²) in [7, 11) is 0. The van der Waals surface area contributed by atoms with Crippen LogP contribution >= 0.6 is 12.4 Å². The van der Waals surface area contributed by atoms with Crippen LogP contribution in [0.25, 0.3) is 0 Å². The SMILES string of the molecule is Cc1ccc([C@H](N)[C@@H](C)O)c(F)c1.Cl. The Hall–Kier alpha value is -0.640. The van der Waals surface area contributed by atoms with Gasteiger partial charge in [-0.3, -0.25) is 0 Å². The summed E-state index contributed by atoms with van der Waals surface area (Å²) >= 11 is 0. The summed E-state index contributed by atoms with van der Waals surface area (Å²) in [4.78, 5) is 0. The monoisotopic (exact) mass is 219 g/mol. The Bertz CT molecular complexity index is 304. The number of rotatable bonds is 2. The van der Waals surface area contributed by atoms with E-state index in [0.29, 0.717) is 5.56 Å². The van der Waals surface area contributed by atoms with Crippen LogP contribution in [0.15, 0.2) is 18.2 Å². The van der Waals surface area contributed by atoms with Crippen LogP contribution < -0.4 is 5.73 Å². The molecule has 1 aromatic rings. The highest BCUT2D eigenvalue weighted by Crippen LogP contribution is 2.18. The molecule has 0 spiro atoms. The van der Waals surface area contributed by atoms with E-state index in [1.165, 1.54) is 6.07 Å². The quantitative estimate of drug-likeness (QED) is 0.799. The minimum absolute atomic E-state index is 0. The van der Waals surface area contributed by atoms with Crippen LogP contribution in [0, 0.1) is 12.7 Å². The Balaban J connectivity index is 0.00000169. The van der Waals surface area contributed by atoms with Crippen molar-refractivity contribution in [3.63, 3.8) is 0 Å². The zero-order chi connectivity index (χ0) is 10.0. The molecule has 0 aliphatic rings. The lowest BCUT2D eigenvalue weighted by Gasteiger charge is -2.15. The van der Waals surface area contributed by atoms with Crippen LogP contribution in [-0.4, -0.2) is 11.2 Å². The van der Waals surface area contributed by atoms with E-state index >= 15 is 0 Å². The maximum atomic E-state index is 13.3. The second-order valence-corrected chi connectivity index (χ2v) is 3.29. The fraction of sp³-hybridized carbons (Fsp3) is 0.400. The van der Waals surface area contributed by atoms with Crippen LogP contribution in [0.2, 0.25) is 0 Å². The van der Waals surface area contributed by atoms with Crippen molar-refractivity contribution in [1.82, 2.24) is 0 Å². The number of aryl methyl sites for hydroxylation is 1. The van der Waals surface area contributed by atoms with Crippen LogP contribution in [0.4, 0.5) is 4.39 Å². The molecule has 3 N–H and O–H groups in total. The van der Waals surface area contributed by atoms with Crippen molar-refractivity contribution in [3.8, 4) is 0 Å². The van der Waals surface area contributed by atoms with Gasteiger partial charge in [0.1, 0.15) is 5.82 Å². The summed E-state index contributed by atoms with van der Waals surface area (Å²) in [5.74, 6) is -0.353. The summed E-state index contributed by atoms with van der Waals surface area (Å²) in [5.41, 5.74) is 6.81. The fourth-order valence-corrected chi connectivity index (χ4v) is 1.16. The first kappa shape index (κ1) is 13.4. The number of hydrogen-bond donors (Lipinski definition) is 2. The lowest BCUT2D eigenvalue weighted by molar-refractivity contribution is 0.162. The molecule has 0 bridgehead atoms. The van der Waals surface area contributed by atoms with E-state index in [2.05, 4.69) is 0 Å². The number of hydrogen-bond acceptors (Lipinski definition) is 2. The zero-order valence-corrected chi connectivity index (χ0v) is 9.01. The maximum absolute atomic E-state index is 13.3. The van der Waals surface area contributed by atoms with Crippen molar-refractivity contribution >= 4 is 12.4 Å². The molecular weight excluding hydrogens is 205 g/mol. The Kier molecular flexibility index (Phi) is 5.05. The highest BCUT2D eigenvalue weighted by Gasteiger charge is 2.15. The molecule has 0 saturated heterocycles. The summed E-state index contributed by atoms with van der Waals surface area (Å²) in [6.45, 7) is 3.35.